The number of esters is 1. The van der Waals surface area contributed by atoms with Crippen LogP contribution in [0.25, 0.3) is 0 Å². The Bertz CT molecular complexity index is 928. The van der Waals surface area contributed by atoms with Crippen LogP contribution in [0, 0.1) is 5.92 Å². The SMILES string of the molecule is CCOC(=O)C1=C(CN2CC(F)(F)CC2C(=O)O)NC(c2nccs2)=NC1C1CCCC1. The Kier molecular flexibility index (Phi) is 6.57. The molecular formula is C21H26F2N4O4S. The first-order valence-electron chi connectivity index (χ1n) is 10.8. The van der Waals surface area contributed by atoms with Crippen molar-refractivity contribution in [3.05, 3.63) is 27.9 Å². The first-order chi connectivity index (χ1) is 15.3. The Labute approximate surface area is 188 Å². The maximum atomic E-state index is 14.1. The molecule has 1 aliphatic carbocycles. The molecule has 0 spiro atoms. The molecule has 1 saturated heterocycles. The predicted octanol–water partition coefficient (Wildman–Crippen LogP) is 2.66. The molecule has 0 radical (unpaired) electrons. The number of likely N-dealkylation sites (tertiary alicyclic amines) is 1. The smallest absolute Gasteiger partial charge is 0.338 e. The summed E-state index contributed by atoms with van der Waals surface area (Å²) in [4.78, 5) is 35.0. The van der Waals surface area contributed by atoms with Crippen LogP contribution in [-0.4, -0.2) is 70.5 Å². The van der Waals surface area contributed by atoms with Gasteiger partial charge >= 0.3 is 11.9 Å². The lowest BCUT2D eigenvalue weighted by atomic mass is 9.89. The zero-order valence-electron chi connectivity index (χ0n) is 17.7. The lowest BCUT2D eigenvalue weighted by Gasteiger charge is -2.32. The number of carboxylic acid groups (broad SMARTS) is 1. The van der Waals surface area contributed by atoms with Gasteiger partial charge in [-0.15, -0.1) is 11.3 Å². The van der Waals surface area contributed by atoms with Gasteiger partial charge in [0, 0.05) is 30.2 Å². The van der Waals surface area contributed by atoms with Gasteiger partial charge in [0.15, 0.2) is 10.8 Å². The summed E-state index contributed by atoms with van der Waals surface area (Å²) in [5, 5.41) is 15.0. The van der Waals surface area contributed by atoms with Crippen molar-refractivity contribution in [2.24, 2.45) is 10.9 Å². The molecule has 1 aromatic heterocycles. The van der Waals surface area contributed by atoms with E-state index in [1.54, 1.807) is 18.5 Å². The van der Waals surface area contributed by atoms with Gasteiger partial charge in [0.1, 0.15) is 6.04 Å². The molecule has 1 saturated carbocycles. The monoisotopic (exact) mass is 468 g/mol. The molecule has 2 N–H and O–H groups in total. The quantitative estimate of drug-likeness (QED) is 0.593. The highest BCUT2D eigenvalue weighted by atomic mass is 32.1. The van der Waals surface area contributed by atoms with Crippen molar-refractivity contribution in [3.8, 4) is 0 Å². The number of aliphatic imine (C=N–C) groups is 1. The number of ether oxygens (including phenoxy) is 1. The number of aromatic nitrogens is 1. The number of amidine groups is 1. The average Bonchev–Trinajstić information content (AvgIpc) is 3.49. The highest BCUT2D eigenvalue weighted by molar-refractivity contribution is 7.11. The van der Waals surface area contributed by atoms with Crippen LogP contribution in [0.1, 0.15) is 44.0 Å². The van der Waals surface area contributed by atoms with Crippen molar-refractivity contribution in [3.63, 3.8) is 0 Å². The largest absolute Gasteiger partial charge is 0.480 e. The van der Waals surface area contributed by atoms with E-state index >= 15 is 0 Å². The third-order valence-corrected chi connectivity index (χ3v) is 6.93. The summed E-state index contributed by atoms with van der Waals surface area (Å²) in [6, 6.07) is -1.83. The lowest BCUT2D eigenvalue weighted by molar-refractivity contribution is -0.142. The fourth-order valence-electron chi connectivity index (χ4n) is 4.76. The molecule has 4 rings (SSSR count). The van der Waals surface area contributed by atoms with E-state index in [1.807, 2.05) is 0 Å². The van der Waals surface area contributed by atoms with E-state index < -0.39 is 42.9 Å². The number of carbonyl (C=O) groups is 2. The van der Waals surface area contributed by atoms with Crippen LogP contribution in [0.3, 0.4) is 0 Å². The van der Waals surface area contributed by atoms with Crippen molar-refractivity contribution in [1.29, 1.82) is 0 Å². The molecule has 1 aromatic rings. The molecule has 3 heterocycles. The van der Waals surface area contributed by atoms with Gasteiger partial charge in [-0.2, -0.15) is 0 Å². The van der Waals surface area contributed by atoms with Crippen LogP contribution in [0.5, 0.6) is 0 Å². The Morgan fingerprint density at radius 2 is 2.12 bits per heavy atom. The lowest BCUT2D eigenvalue weighted by Crippen LogP contribution is -2.45. The van der Waals surface area contributed by atoms with Crippen molar-refractivity contribution < 1.29 is 28.2 Å². The maximum absolute atomic E-state index is 14.1. The minimum Gasteiger partial charge on any atom is -0.480 e. The predicted molar refractivity (Wildman–Crippen MR) is 114 cm³/mol. The number of halogens is 2. The number of alkyl halides is 2. The van der Waals surface area contributed by atoms with Crippen LogP contribution >= 0.6 is 11.3 Å². The van der Waals surface area contributed by atoms with E-state index in [-0.39, 0.29) is 19.1 Å². The van der Waals surface area contributed by atoms with E-state index in [0.717, 1.165) is 25.7 Å². The zero-order chi connectivity index (χ0) is 22.9. The first-order valence-corrected chi connectivity index (χ1v) is 11.7. The molecule has 2 aliphatic heterocycles. The number of carbonyl (C=O) groups excluding carboxylic acids is 1. The minimum absolute atomic E-state index is 0.122. The Morgan fingerprint density at radius 1 is 1.38 bits per heavy atom. The van der Waals surface area contributed by atoms with Crippen LogP contribution in [0.4, 0.5) is 8.78 Å². The first kappa shape index (κ1) is 22.8. The third-order valence-electron chi connectivity index (χ3n) is 6.15. The van der Waals surface area contributed by atoms with Gasteiger partial charge in [0.2, 0.25) is 0 Å². The highest BCUT2D eigenvalue weighted by Crippen LogP contribution is 2.37. The zero-order valence-corrected chi connectivity index (χ0v) is 18.5. The Hall–Kier alpha value is -2.40. The number of aliphatic carboxylic acids is 1. The second kappa shape index (κ2) is 9.22. The number of thiazole rings is 1. The van der Waals surface area contributed by atoms with Gasteiger partial charge in [0.25, 0.3) is 5.92 Å². The molecule has 0 aromatic carbocycles. The molecule has 2 fully saturated rings. The second-order valence-electron chi connectivity index (χ2n) is 8.36. The van der Waals surface area contributed by atoms with Gasteiger partial charge in [-0.1, -0.05) is 12.8 Å². The van der Waals surface area contributed by atoms with Crippen molar-refractivity contribution in [2.75, 3.05) is 19.7 Å². The van der Waals surface area contributed by atoms with E-state index in [4.69, 9.17) is 9.73 Å². The molecule has 0 bridgehead atoms. The summed E-state index contributed by atoms with van der Waals surface area (Å²) in [6.45, 7) is 1.03. The van der Waals surface area contributed by atoms with E-state index in [0.29, 0.717) is 22.1 Å². The van der Waals surface area contributed by atoms with Crippen LogP contribution in [0.2, 0.25) is 0 Å². The van der Waals surface area contributed by atoms with Gasteiger partial charge in [0.05, 0.1) is 24.8 Å². The van der Waals surface area contributed by atoms with Gasteiger partial charge in [-0.05, 0) is 25.7 Å². The summed E-state index contributed by atoms with van der Waals surface area (Å²) in [7, 11) is 0. The average molecular weight is 469 g/mol. The molecule has 8 nitrogen and oxygen atoms in total. The standard InChI is InChI=1S/C21H26F2N4O4S/c1-2-31-20(30)15-13(10-27-11-21(22,23)9-14(27)19(28)29)25-17(18-24-7-8-32-18)26-16(15)12-5-3-4-6-12/h7-8,12,14,16H,2-6,9-11H2,1H3,(H,25,26)(H,28,29). The summed E-state index contributed by atoms with van der Waals surface area (Å²) >= 11 is 1.37. The third kappa shape index (κ3) is 4.68. The van der Waals surface area contributed by atoms with Crippen molar-refractivity contribution >= 4 is 29.1 Å². The van der Waals surface area contributed by atoms with Crippen LogP contribution in [-0.2, 0) is 14.3 Å². The molecule has 0 amide bonds. The van der Waals surface area contributed by atoms with Gasteiger partial charge in [-0.3, -0.25) is 14.7 Å². The number of carboxylic acids is 1. The molecule has 174 valence electrons. The van der Waals surface area contributed by atoms with E-state index in [1.165, 1.54) is 16.2 Å². The second-order valence-corrected chi connectivity index (χ2v) is 9.26. The Balaban J connectivity index is 1.74. The summed E-state index contributed by atoms with van der Waals surface area (Å²) in [5.74, 6) is -4.38. The van der Waals surface area contributed by atoms with Crippen molar-refractivity contribution in [1.82, 2.24) is 15.2 Å². The topological polar surface area (TPSA) is 104 Å². The molecular weight excluding hydrogens is 442 g/mol. The van der Waals surface area contributed by atoms with E-state index in [2.05, 4.69) is 10.3 Å². The number of rotatable bonds is 7. The molecule has 11 heteroatoms. The van der Waals surface area contributed by atoms with Crippen LogP contribution < -0.4 is 5.32 Å². The normalized spacial score (nSPS) is 26.2. The number of nitrogens with one attached hydrogen (secondary N) is 1. The van der Waals surface area contributed by atoms with Crippen LogP contribution in [0.15, 0.2) is 27.8 Å². The molecule has 32 heavy (non-hydrogen) atoms. The number of nitrogens with zero attached hydrogens (tertiary/aromatic N) is 3. The minimum atomic E-state index is -3.11. The number of hydrogen-bond acceptors (Lipinski definition) is 8. The Morgan fingerprint density at radius 3 is 2.75 bits per heavy atom. The summed E-state index contributed by atoms with van der Waals surface area (Å²) in [6.07, 6.45) is 4.73. The van der Waals surface area contributed by atoms with Gasteiger partial charge in [-0.25, -0.2) is 18.6 Å². The van der Waals surface area contributed by atoms with Crippen molar-refractivity contribution in [2.45, 2.75) is 57.0 Å². The number of hydrogen-bond donors (Lipinski definition) is 2. The fraction of sp³-hybridized carbons (Fsp3) is 0.619. The molecule has 2 unspecified atom stereocenters. The fourth-order valence-corrected chi connectivity index (χ4v) is 5.35. The summed E-state index contributed by atoms with van der Waals surface area (Å²) in [5.41, 5.74) is 0.669. The van der Waals surface area contributed by atoms with Gasteiger partial charge < -0.3 is 15.2 Å². The molecule has 2 atom stereocenters. The van der Waals surface area contributed by atoms with E-state index in [9.17, 15) is 23.5 Å². The highest BCUT2D eigenvalue weighted by Gasteiger charge is 2.49. The summed E-state index contributed by atoms with van der Waals surface area (Å²) < 4.78 is 33.5. The molecule has 3 aliphatic rings. The maximum Gasteiger partial charge on any atom is 0.338 e.